The van der Waals surface area contributed by atoms with Gasteiger partial charge in [0.15, 0.2) is 11.9 Å². The predicted molar refractivity (Wildman–Crippen MR) is 308 cm³/mol. The van der Waals surface area contributed by atoms with Crippen LogP contribution in [0.4, 0.5) is 9.18 Å². The first-order valence-corrected chi connectivity index (χ1v) is 29.4. The first-order chi connectivity index (χ1) is 38.8. The van der Waals surface area contributed by atoms with E-state index < -0.39 is 126 Å². The summed E-state index contributed by atoms with van der Waals surface area (Å²) in [5, 5.41) is 33.0. The molecule has 454 valence electrons. The molecule has 4 fully saturated rings. The Kier molecular flexibility index (Phi) is 19.7. The van der Waals surface area contributed by atoms with E-state index in [4.69, 9.17) is 42.9 Å². The zero-order chi connectivity index (χ0) is 59.8. The van der Waals surface area contributed by atoms with Crippen LogP contribution in [0.5, 0.6) is 0 Å². The Bertz CT molecular complexity index is 2710. The van der Waals surface area contributed by atoms with Gasteiger partial charge in [-0.2, -0.15) is 0 Å². The number of nitrogens with zero attached hydrogens (tertiary/aromatic N) is 7. The van der Waals surface area contributed by atoms with Gasteiger partial charge in [-0.05, 0) is 110 Å². The minimum Gasteiger partial charge on any atom is -0.458 e. The number of hydrogen-bond donors (Lipinski definition) is 2. The van der Waals surface area contributed by atoms with E-state index in [-0.39, 0.29) is 24.4 Å². The minimum absolute atomic E-state index is 0.225. The van der Waals surface area contributed by atoms with Crippen LogP contribution in [0.15, 0.2) is 64.5 Å². The molecule has 1 aromatic carbocycles. The van der Waals surface area contributed by atoms with Gasteiger partial charge in [-0.3, -0.25) is 19.7 Å². The first kappa shape index (κ1) is 63.3. The highest BCUT2D eigenvalue weighted by molar-refractivity contribution is 6.10. The van der Waals surface area contributed by atoms with E-state index in [9.17, 15) is 15.0 Å². The summed E-state index contributed by atoms with van der Waals surface area (Å²) in [6.45, 7) is 23.5. The number of aliphatic imine (C=N–C) groups is 2. The Morgan fingerprint density at radius 3 is 2.32 bits per heavy atom. The summed E-state index contributed by atoms with van der Waals surface area (Å²) in [4.78, 5) is 42.8. The number of alkyl halides is 1. The Morgan fingerprint density at radius 2 is 1.66 bits per heavy atom. The van der Waals surface area contributed by atoms with Crippen molar-refractivity contribution in [3.63, 3.8) is 0 Å². The number of esters is 1. The van der Waals surface area contributed by atoms with E-state index in [1.54, 1.807) is 57.8 Å². The SMILES string of the molecule is CC[C@H]1OC(=O)[C@H](C)[C@@H](C2C[C@@](C)(OC)[C@@H](O)[C@H](C)O2)[C@H](C)[C@@H](O[C@@H]2O[C@H](C)C[C@H](N(C)CCc3cn([C@H](CF)[C@H](OC)c4ccc(C5=CC=C=CN=C5)cc4)nn3)[C@H]2O)[C@](C)(OC)C[C@@H](C)C2=NC(C)(C)CN3C(=O)O[C@@]1(C)[C@H]3[C@H]2C. The molecule has 20 atom stereocenters. The summed E-state index contributed by atoms with van der Waals surface area (Å²) in [7, 11) is 6.71. The average Bonchev–Trinajstić information content (AvgIpc) is 2.24. The number of allylic oxidation sites excluding steroid dienone is 3. The number of carbonyl (C=O) groups is 2. The second-order valence-corrected chi connectivity index (χ2v) is 25.4. The summed E-state index contributed by atoms with van der Waals surface area (Å²) in [6.07, 6.45) is 2.86. The van der Waals surface area contributed by atoms with Gasteiger partial charge >= 0.3 is 12.1 Å². The Morgan fingerprint density at radius 1 is 0.951 bits per heavy atom. The van der Waals surface area contributed by atoms with E-state index in [1.807, 2.05) is 99.7 Å². The fraction of sp³-hybridized carbons (Fsp3) is 0.726. The maximum atomic E-state index is 15.2. The van der Waals surface area contributed by atoms with Crippen molar-refractivity contribution >= 4 is 29.6 Å². The van der Waals surface area contributed by atoms with Gasteiger partial charge in [-0.25, -0.2) is 13.9 Å². The number of rotatable bonds is 16. The number of aliphatic hydroxyl groups is 2. The topological polar surface area (TPSA) is 210 Å². The van der Waals surface area contributed by atoms with Crippen LogP contribution in [0.2, 0.25) is 0 Å². The number of carbonyl (C=O) groups excluding carboxylic acids is 2. The largest absolute Gasteiger partial charge is 0.458 e. The standard InChI is InChI=1S/C62H92FN7O12/c1-17-48-62(12)53-39(6)50(65-59(8,9)34-69(53)58(74)82-62)35(2)29-61(11,77-16)55(37(4)49(38(5)56(73)80-48)47-30-60(10,76-15)54(72)40(7)79-47)81-57-51(71)45(28-36(3)78-57)68(13)27-25-44-33-70(67-66-44)46(31-63)52(75-14)42-23-21-41(22-24-42)43-20-18-19-26-64-32-43/h18,20-24,26,32-33,35-40,45-49,51-55,57,71-72H,17,25,27-31,34H2,1-16H3/t35-,36-,37+,38-,39+,40+,45+,46-,47?,48-,49+,51-,52-,53-,54+,55-,57+,60-,61-,62-/m1/s1. The molecule has 0 saturated carbocycles. The number of cyclic esters (lactones) is 1. The van der Waals surface area contributed by atoms with Gasteiger partial charge < -0.3 is 53.0 Å². The molecule has 0 aliphatic carbocycles. The van der Waals surface area contributed by atoms with Crippen LogP contribution in [-0.4, -0.2) is 191 Å². The van der Waals surface area contributed by atoms with E-state index in [1.165, 1.54) is 4.68 Å². The third-order valence-corrected chi connectivity index (χ3v) is 19.1. The molecule has 0 spiro atoms. The Hall–Kier alpha value is -4.73. The highest BCUT2D eigenvalue weighted by Crippen LogP contribution is 2.49. The average molecular weight is 1150 g/mol. The predicted octanol–water partition coefficient (Wildman–Crippen LogP) is 8.08. The summed E-state index contributed by atoms with van der Waals surface area (Å²) in [5.41, 5.74) is 3.00. The molecule has 4 saturated heterocycles. The van der Waals surface area contributed by atoms with Gasteiger partial charge in [0.25, 0.3) is 0 Å². The van der Waals surface area contributed by atoms with Crippen LogP contribution in [0.3, 0.4) is 0 Å². The number of ether oxygens (including phenoxy) is 8. The molecule has 0 radical (unpaired) electrons. The zero-order valence-corrected chi connectivity index (χ0v) is 51.2. The summed E-state index contributed by atoms with van der Waals surface area (Å²) in [5.74, 6) is -3.20. The number of amides is 1. The molecule has 1 unspecified atom stereocenters. The van der Waals surface area contributed by atoms with Crippen molar-refractivity contribution in [2.24, 2.45) is 39.6 Å². The monoisotopic (exact) mass is 1150 g/mol. The summed E-state index contributed by atoms with van der Waals surface area (Å²) >= 11 is 0. The van der Waals surface area contributed by atoms with Gasteiger partial charge in [-0.1, -0.05) is 64.1 Å². The fourth-order valence-corrected chi connectivity index (χ4v) is 14.6. The molecular formula is C62H92FN7O12. The lowest BCUT2D eigenvalue weighted by Crippen LogP contribution is -2.62. The van der Waals surface area contributed by atoms with Crippen molar-refractivity contribution in [3.05, 3.63) is 71.4 Å². The number of aromatic nitrogens is 3. The van der Waals surface area contributed by atoms with Gasteiger partial charge in [0.2, 0.25) is 0 Å². The number of halogens is 1. The molecule has 19 nitrogen and oxygen atoms in total. The van der Waals surface area contributed by atoms with Crippen LogP contribution in [-0.2, 0) is 49.1 Å². The lowest BCUT2D eigenvalue weighted by atomic mass is 9.67. The zero-order valence-electron chi connectivity index (χ0n) is 51.2. The summed E-state index contributed by atoms with van der Waals surface area (Å²) < 4.78 is 69.1. The molecule has 6 aliphatic rings. The Balaban J connectivity index is 1.09. The molecule has 2 N–H and O–H groups in total. The molecule has 82 heavy (non-hydrogen) atoms. The number of hydrogen-bond acceptors (Lipinski definition) is 17. The molecule has 1 aromatic heterocycles. The van der Waals surface area contributed by atoms with Crippen LogP contribution in [0.1, 0.15) is 138 Å². The molecular weight excluding hydrogens is 1050 g/mol. The summed E-state index contributed by atoms with van der Waals surface area (Å²) in [6, 6.07) is 5.98. The van der Waals surface area contributed by atoms with E-state index in [0.29, 0.717) is 44.5 Å². The van der Waals surface area contributed by atoms with Crippen molar-refractivity contribution in [2.45, 2.75) is 211 Å². The number of aliphatic hydroxyl groups excluding tert-OH is 2. The molecule has 1 amide bonds. The van der Waals surface area contributed by atoms with Crippen molar-refractivity contribution in [2.75, 3.05) is 48.1 Å². The Labute approximate surface area is 484 Å². The smallest absolute Gasteiger partial charge is 0.411 e. The molecule has 2 aromatic rings. The van der Waals surface area contributed by atoms with Crippen molar-refractivity contribution in [1.29, 1.82) is 0 Å². The maximum absolute atomic E-state index is 15.2. The van der Waals surface area contributed by atoms with Gasteiger partial charge in [0, 0.05) is 88.8 Å². The van der Waals surface area contributed by atoms with Gasteiger partial charge in [0.05, 0.1) is 65.0 Å². The lowest BCUT2D eigenvalue weighted by Gasteiger charge is -2.52. The number of fused-ring (bicyclic) bond motifs is 1. The quantitative estimate of drug-likeness (QED) is 0.120. The molecule has 6 aliphatic heterocycles. The third kappa shape index (κ3) is 12.6. The van der Waals surface area contributed by atoms with Crippen LogP contribution in [0.25, 0.3) is 5.57 Å². The minimum atomic E-state index is -1.23. The first-order valence-electron chi connectivity index (χ1n) is 29.4. The van der Waals surface area contributed by atoms with Crippen LogP contribution < -0.4 is 0 Å². The fourth-order valence-electron chi connectivity index (χ4n) is 14.6. The third-order valence-electron chi connectivity index (χ3n) is 19.1. The lowest BCUT2D eigenvalue weighted by molar-refractivity contribution is -0.304. The number of benzene rings is 1. The van der Waals surface area contributed by atoms with E-state index in [2.05, 4.69) is 39.8 Å². The second-order valence-electron chi connectivity index (χ2n) is 25.4. The molecule has 8 rings (SSSR count). The van der Waals surface area contributed by atoms with E-state index >= 15 is 9.18 Å². The van der Waals surface area contributed by atoms with E-state index in [0.717, 1.165) is 22.4 Å². The normalized spacial score (nSPS) is 38.7. The highest BCUT2D eigenvalue weighted by atomic mass is 19.1. The van der Waals surface area contributed by atoms with Crippen molar-refractivity contribution in [3.8, 4) is 0 Å². The maximum Gasteiger partial charge on any atom is 0.411 e. The van der Waals surface area contributed by atoms with Crippen LogP contribution in [0, 0.1) is 29.6 Å². The van der Waals surface area contributed by atoms with Crippen LogP contribution >= 0.6 is 0 Å². The number of methoxy groups -OCH3 is 3. The molecule has 20 heteroatoms. The van der Waals surface area contributed by atoms with Crippen molar-refractivity contribution in [1.82, 2.24) is 24.8 Å². The van der Waals surface area contributed by atoms with Gasteiger partial charge in [-0.15, -0.1) is 10.8 Å². The molecule has 7 heterocycles. The highest BCUT2D eigenvalue weighted by Gasteiger charge is 2.62. The molecule has 2 bridgehead atoms. The van der Waals surface area contributed by atoms with Gasteiger partial charge in [0.1, 0.15) is 37.1 Å². The number of likely N-dealkylation sites (N-methyl/N-ethyl adjacent to an activating group) is 1. The second kappa shape index (κ2) is 25.5. The van der Waals surface area contributed by atoms with Crippen molar-refractivity contribution < 1.29 is 62.1 Å².